The second-order valence-electron chi connectivity index (χ2n) is 6.84. The van der Waals surface area contributed by atoms with E-state index in [9.17, 15) is 4.79 Å². The van der Waals surface area contributed by atoms with E-state index in [4.69, 9.17) is 14.1 Å². The van der Waals surface area contributed by atoms with Crippen molar-refractivity contribution < 1.29 is 13.9 Å². The molecule has 7 nitrogen and oxygen atoms in total. The van der Waals surface area contributed by atoms with Crippen LogP contribution < -0.4 is 9.64 Å². The smallest absolute Gasteiger partial charge is 0.224 e. The summed E-state index contributed by atoms with van der Waals surface area (Å²) < 4.78 is 15.3. The third-order valence-electron chi connectivity index (χ3n) is 4.86. The van der Waals surface area contributed by atoms with Gasteiger partial charge in [-0.05, 0) is 43.7 Å². The van der Waals surface area contributed by atoms with Crippen LogP contribution in [-0.2, 0) is 17.8 Å². The number of methoxy groups -OCH3 is 1. The first kappa shape index (κ1) is 21.8. The van der Waals surface area contributed by atoms with E-state index in [1.807, 2.05) is 55.1 Å². The monoisotopic (exact) mass is 428 g/mol. The molecule has 160 valence electrons. The van der Waals surface area contributed by atoms with Gasteiger partial charge in [0, 0.05) is 44.0 Å². The zero-order valence-corrected chi connectivity index (χ0v) is 18.5. The molecule has 30 heavy (non-hydrogen) atoms. The van der Waals surface area contributed by atoms with E-state index in [-0.39, 0.29) is 5.91 Å². The van der Waals surface area contributed by atoms with E-state index in [0.717, 1.165) is 41.1 Å². The Balaban J connectivity index is 1.72. The molecular weight excluding hydrogens is 400 g/mol. The molecule has 0 aliphatic carbocycles. The molecule has 0 bridgehead atoms. The van der Waals surface area contributed by atoms with E-state index < -0.39 is 0 Å². The van der Waals surface area contributed by atoms with E-state index in [2.05, 4.69) is 9.27 Å². The van der Waals surface area contributed by atoms with Gasteiger partial charge in [-0.2, -0.15) is 4.37 Å². The number of carbonyl (C=O) groups is 1. The molecule has 1 aromatic carbocycles. The molecule has 2 heterocycles. The fourth-order valence-corrected chi connectivity index (χ4v) is 3.92. The highest BCUT2D eigenvalue weighted by Crippen LogP contribution is 2.23. The molecule has 8 heteroatoms. The van der Waals surface area contributed by atoms with Crippen molar-refractivity contribution in [2.24, 2.45) is 0 Å². The number of nitrogens with zero attached hydrogens (tertiary/aromatic N) is 4. The number of rotatable bonds is 11. The standard InChI is InChI=1S/C22H28N4O3S/c1-4-25(5-2)21(27)11-12-26(16-19-10-7-13-29-19)22-23-20(24-30-22)15-17-8-6-9-18(14-17)28-3/h6-10,13-14H,4-5,11-12,15-16H2,1-3H3. The molecule has 0 saturated carbocycles. The summed E-state index contributed by atoms with van der Waals surface area (Å²) in [5.41, 5.74) is 1.09. The lowest BCUT2D eigenvalue weighted by Gasteiger charge is -2.23. The lowest BCUT2D eigenvalue weighted by atomic mass is 10.1. The SMILES string of the molecule is CCN(CC)C(=O)CCN(Cc1ccco1)c1nc(Cc2cccc(OC)c2)ns1. The second-order valence-corrected chi connectivity index (χ2v) is 7.57. The Morgan fingerprint density at radius 2 is 2.03 bits per heavy atom. The fraction of sp³-hybridized carbons (Fsp3) is 0.409. The van der Waals surface area contributed by atoms with Crippen molar-refractivity contribution in [2.75, 3.05) is 31.6 Å². The Labute approximate surface area is 181 Å². The van der Waals surface area contributed by atoms with Crippen molar-refractivity contribution >= 4 is 22.6 Å². The molecule has 0 spiro atoms. The van der Waals surface area contributed by atoms with Crippen LogP contribution in [-0.4, -0.2) is 46.9 Å². The van der Waals surface area contributed by atoms with Gasteiger partial charge >= 0.3 is 0 Å². The van der Waals surface area contributed by atoms with Crippen molar-refractivity contribution in [2.45, 2.75) is 33.2 Å². The van der Waals surface area contributed by atoms with E-state index in [0.29, 0.717) is 25.9 Å². The minimum absolute atomic E-state index is 0.144. The topological polar surface area (TPSA) is 71.7 Å². The van der Waals surface area contributed by atoms with Gasteiger partial charge in [0.2, 0.25) is 11.0 Å². The summed E-state index contributed by atoms with van der Waals surface area (Å²) in [7, 11) is 1.66. The van der Waals surface area contributed by atoms with E-state index >= 15 is 0 Å². The quantitative estimate of drug-likeness (QED) is 0.460. The summed E-state index contributed by atoms with van der Waals surface area (Å²) in [6, 6.07) is 11.7. The first-order valence-corrected chi connectivity index (χ1v) is 10.9. The lowest BCUT2D eigenvalue weighted by molar-refractivity contribution is -0.130. The van der Waals surface area contributed by atoms with Gasteiger partial charge < -0.3 is 19.0 Å². The minimum atomic E-state index is 0.144. The summed E-state index contributed by atoms with van der Waals surface area (Å²) >= 11 is 1.35. The highest BCUT2D eigenvalue weighted by atomic mass is 32.1. The Morgan fingerprint density at radius 3 is 2.73 bits per heavy atom. The average molecular weight is 429 g/mol. The van der Waals surface area contributed by atoms with Crippen molar-refractivity contribution in [1.82, 2.24) is 14.3 Å². The number of anilines is 1. The first-order valence-electron chi connectivity index (χ1n) is 10.1. The average Bonchev–Trinajstić information content (AvgIpc) is 3.44. The zero-order chi connectivity index (χ0) is 21.3. The van der Waals surface area contributed by atoms with Gasteiger partial charge in [-0.1, -0.05) is 12.1 Å². The highest BCUT2D eigenvalue weighted by molar-refractivity contribution is 7.09. The van der Waals surface area contributed by atoms with Gasteiger partial charge in [0.1, 0.15) is 17.3 Å². The Bertz CT molecular complexity index is 922. The van der Waals surface area contributed by atoms with Crippen LogP contribution in [0.25, 0.3) is 0 Å². The van der Waals surface area contributed by atoms with Crippen LogP contribution >= 0.6 is 11.5 Å². The number of aromatic nitrogens is 2. The maximum absolute atomic E-state index is 12.5. The molecule has 3 aromatic rings. The number of benzene rings is 1. The third-order valence-corrected chi connectivity index (χ3v) is 5.68. The Morgan fingerprint density at radius 1 is 1.20 bits per heavy atom. The minimum Gasteiger partial charge on any atom is -0.497 e. The molecule has 0 atom stereocenters. The normalized spacial score (nSPS) is 10.8. The Hall–Kier alpha value is -2.87. The summed E-state index contributed by atoms with van der Waals surface area (Å²) in [6.45, 7) is 6.54. The fourth-order valence-electron chi connectivity index (χ4n) is 3.21. The summed E-state index contributed by atoms with van der Waals surface area (Å²) in [5.74, 6) is 2.54. The summed E-state index contributed by atoms with van der Waals surface area (Å²) in [4.78, 5) is 21.1. The van der Waals surface area contributed by atoms with Crippen molar-refractivity contribution in [3.63, 3.8) is 0 Å². The summed E-state index contributed by atoms with van der Waals surface area (Å²) in [5, 5.41) is 0.789. The van der Waals surface area contributed by atoms with Crippen LogP contribution in [0.5, 0.6) is 5.75 Å². The Kier molecular flexibility index (Phi) is 7.84. The van der Waals surface area contributed by atoms with Crippen LogP contribution in [0.4, 0.5) is 5.13 Å². The van der Waals surface area contributed by atoms with Crippen LogP contribution in [0.1, 0.15) is 37.4 Å². The molecule has 2 aromatic heterocycles. The number of carbonyl (C=O) groups excluding carboxylic acids is 1. The molecule has 0 radical (unpaired) electrons. The van der Waals surface area contributed by atoms with E-state index in [1.54, 1.807) is 13.4 Å². The molecule has 1 amide bonds. The molecule has 0 aliphatic rings. The third kappa shape index (κ3) is 5.82. The number of hydrogen-bond acceptors (Lipinski definition) is 7. The second kappa shape index (κ2) is 10.8. The van der Waals surface area contributed by atoms with Crippen molar-refractivity contribution in [1.29, 1.82) is 0 Å². The molecule has 0 N–H and O–H groups in total. The number of furan rings is 1. The highest BCUT2D eigenvalue weighted by Gasteiger charge is 2.18. The number of amides is 1. The van der Waals surface area contributed by atoms with Crippen molar-refractivity contribution in [3.8, 4) is 5.75 Å². The molecule has 0 fully saturated rings. The largest absolute Gasteiger partial charge is 0.497 e. The van der Waals surface area contributed by atoms with Gasteiger partial charge in [0.25, 0.3) is 0 Å². The van der Waals surface area contributed by atoms with Gasteiger partial charge in [-0.3, -0.25) is 4.79 Å². The maximum atomic E-state index is 12.5. The van der Waals surface area contributed by atoms with Crippen LogP contribution in [0.3, 0.4) is 0 Å². The summed E-state index contributed by atoms with van der Waals surface area (Å²) in [6.07, 6.45) is 2.71. The number of ether oxygens (including phenoxy) is 1. The molecule has 3 rings (SSSR count). The maximum Gasteiger partial charge on any atom is 0.224 e. The first-order chi connectivity index (χ1) is 14.6. The van der Waals surface area contributed by atoms with Gasteiger partial charge in [-0.15, -0.1) is 0 Å². The molecule has 0 unspecified atom stereocenters. The van der Waals surface area contributed by atoms with Gasteiger partial charge in [0.15, 0.2) is 0 Å². The molecule has 0 aliphatic heterocycles. The predicted molar refractivity (Wildman–Crippen MR) is 118 cm³/mol. The van der Waals surface area contributed by atoms with Crippen LogP contribution in [0.2, 0.25) is 0 Å². The molecular formula is C22H28N4O3S. The van der Waals surface area contributed by atoms with Crippen molar-refractivity contribution in [3.05, 3.63) is 59.8 Å². The molecule has 0 saturated heterocycles. The van der Waals surface area contributed by atoms with Crippen LogP contribution in [0, 0.1) is 0 Å². The van der Waals surface area contributed by atoms with E-state index in [1.165, 1.54) is 11.5 Å². The lowest BCUT2D eigenvalue weighted by Crippen LogP contribution is -2.34. The van der Waals surface area contributed by atoms with Gasteiger partial charge in [-0.25, -0.2) is 4.98 Å². The van der Waals surface area contributed by atoms with Crippen LogP contribution in [0.15, 0.2) is 47.1 Å². The van der Waals surface area contributed by atoms with Gasteiger partial charge in [0.05, 0.1) is 19.9 Å². The predicted octanol–water partition coefficient (Wildman–Crippen LogP) is 4.00. The number of hydrogen-bond donors (Lipinski definition) is 0. The zero-order valence-electron chi connectivity index (χ0n) is 17.7.